The zero-order valence-electron chi connectivity index (χ0n) is 20.0. The van der Waals surface area contributed by atoms with E-state index in [4.69, 9.17) is 4.74 Å². The molecular weight excluding hydrogens is 390 g/mol. The number of phenolic OH excluding ortho intramolecular Hbond substituents is 1. The van der Waals surface area contributed by atoms with Gasteiger partial charge in [0.2, 0.25) is 0 Å². The number of carbonyl (C=O) groups is 2. The van der Waals surface area contributed by atoms with Gasteiger partial charge >= 0.3 is 6.09 Å². The third-order valence-corrected chi connectivity index (χ3v) is 5.85. The van der Waals surface area contributed by atoms with E-state index in [0.29, 0.717) is 24.9 Å². The lowest BCUT2D eigenvalue weighted by atomic mass is 10.0. The van der Waals surface area contributed by atoms with Gasteiger partial charge in [0, 0.05) is 18.7 Å². The molecule has 0 spiro atoms. The molecule has 5 heteroatoms. The van der Waals surface area contributed by atoms with Crippen LogP contribution in [0.1, 0.15) is 112 Å². The lowest BCUT2D eigenvalue weighted by molar-refractivity contribution is 0.0935. The zero-order valence-corrected chi connectivity index (χ0v) is 20.0. The number of benzene rings is 1. The van der Waals surface area contributed by atoms with Crippen LogP contribution in [0.15, 0.2) is 12.1 Å². The molecule has 1 aromatic carbocycles. The van der Waals surface area contributed by atoms with E-state index in [1.165, 1.54) is 57.4 Å². The minimum atomic E-state index is -0.332. The van der Waals surface area contributed by atoms with Crippen LogP contribution in [0.3, 0.4) is 0 Å². The van der Waals surface area contributed by atoms with Gasteiger partial charge in [-0.1, -0.05) is 84.1 Å². The van der Waals surface area contributed by atoms with Crippen molar-refractivity contribution in [1.82, 2.24) is 4.90 Å². The van der Waals surface area contributed by atoms with E-state index in [-0.39, 0.29) is 24.0 Å². The molecule has 0 atom stereocenters. The summed E-state index contributed by atoms with van der Waals surface area (Å²) in [5, 5.41) is 9.92. The molecule has 0 saturated heterocycles. The van der Waals surface area contributed by atoms with Crippen LogP contribution < -0.4 is 0 Å². The van der Waals surface area contributed by atoms with Gasteiger partial charge in [-0.3, -0.25) is 4.79 Å². The average molecular weight is 434 g/mol. The van der Waals surface area contributed by atoms with E-state index in [9.17, 15) is 14.7 Å². The molecule has 1 N–H and O–H groups in total. The summed E-state index contributed by atoms with van der Waals surface area (Å²) in [5.41, 5.74) is 1.60. The van der Waals surface area contributed by atoms with Gasteiger partial charge in [0.05, 0.1) is 5.56 Å². The molecule has 1 amide bonds. The lowest BCUT2D eigenvalue weighted by Crippen LogP contribution is -2.33. The summed E-state index contributed by atoms with van der Waals surface area (Å²) >= 11 is 0. The second-order valence-electron chi connectivity index (χ2n) is 8.49. The van der Waals surface area contributed by atoms with Gasteiger partial charge in [0.1, 0.15) is 12.4 Å². The van der Waals surface area contributed by atoms with E-state index in [2.05, 4.69) is 13.8 Å². The van der Waals surface area contributed by atoms with Crippen LogP contribution in [0.5, 0.6) is 5.75 Å². The van der Waals surface area contributed by atoms with Crippen LogP contribution in [0.25, 0.3) is 0 Å². The topological polar surface area (TPSA) is 66.8 Å². The number of aryl methyl sites for hydroxylation is 1. The van der Waals surface area contributed by atoms with Gasteiger partial charge in [-0.15, -0.1) is 0 Å². The molecule has 31 heavy (non-hydrogen) atoms. The van der Waals surface area contributed by atoms with Gasteiger partial charge in [-0.25, -0.2) is 4.79 Å². The first-order valence-corrected chi connectivity index (χ1v) is 12.2. The van der Waals surface area contributed by atoms with Crippen LogP contribution >= 0.6 is 0 Å². The Kier molecular flexibility index (Phi) is 14.5. The first kappa shape index (κ1) is 27.0. The summed E-state index contributed by atoms with van der Waals surface area (Å²) in [6, 6.07) is 3.23. The van der Waals surface area contributed by atoms with E-state index in [1.807, 2.05) is 11.8 Å². The van der Waals surface area contributed by atoms with E-state index < -0.39 is 0 Å². The number of aldehydes is 1. The number of rotatable bonds is 17. The summed E-state index contributed by atoms with van der Waals surface area (Å²) in [7, 11) is 0. The van der Waals surface area contributed by atoms with Crippen LogP contribution in [-0.4, -0.2) is 35.5 Å². The lowest BCUT2D eigenvalue weighted by Gasteiger charge is -2.23. The second kappa shape index (κ2) is 16.6. The first-order chi connectivity index (χ1) is 15.0. The monoisotopic (exact) mass is 433 g/mol. The standard InChI is InChI=1S/C26H43NO4/c1-4-6-8-10-12-14-18-27(19-15-13-11-9-7-5-2)26(30)31-21-24-22(3)16-17-25(29)23(24)20-28/h16-17,20,29H,4-15,18-19,21H2,1-3H3. The summed E-state index contributed by atoms with van der Waals surface area (Å²) in [4.78, 5) is 26.0. The molecule has 0 saturated carbocycles. The van der Waals surface area contributed by atoms with Crippen molar-refractivity contribution in [2.24, 2.45) is 0 Å². The molecule has 0 fully saturated rings. The summed E-state index contributed by atoms with van der Waals surface area (Å²) in [6.07, 6.45) is 14.4. The Balaban J connectivity index is 2.60. The molecule has 5 nitrogen and oxygen atoms in total. The van der Waals surface area contributed by atoms with E-state index in [0.717, 1.165) is 31.2 Å². The minimum Gasteiger partial charge on any atom is -0.507 e. The highest BCUT2D eigenvalue weighted by molar-refractivity contribution is 5.82. The molecule has 0 heterocycles. The average Bonchev–Trinajstić information content (AvgIpc) is 2.77. The number of unbranched alkanes of at least 4 members (excludes halogenated alkanes) is 10. The van der Waals surface area contributed by atoms with Crippen molar-refractivity contribution in [3.63, 3.8) is 0 Å². The van der Waals surface area contributed by atoms with Crippen molar-refractivity contribution in [2.75, 3.05) is 13.1 Å². The smallest absolute Gasteiger partial charge is 0.410 e. The largest absolute Gasteiger partial charge is 0.507 e. The molecule has 0 aliphatic heterocycles. The van der Waals surface area contributed by atoms with Crippen molar-refractivity contribution in [1.29, 1.82) is 0 Å². The molecule has 1 aromatic rings. The molecular formula is C26H43NO4. The maximum absolute atomic E-state index is 12.8. The number of phenols is 1. The van der Waals surface area contributed by atoms with Gasteiger partial charge in [0.25, 0.3) is 0 Å². The number of hydrogen-bond donors (Lipinski definition) is 1. The molecule has 0 aliphatic rings. The third-order valence-electron chi connectivity index (χ3n) is 5.85. The quantitative estimate of drug-likeness (QED) is 0.209. The molecule has 0 aliphatic carbocycles. The Bertz CT molecular complexity index is 629. The van der Waals surface area contributed by atoms with Crippen LogP contribution in [0.2, 0.25) is 0 Å². The molecule has 0 radical (unpaired) electrons. The predicted molar refractivity (Wildman–Crippen MR) is 127 cm³/mol. The van der Waals surface area contributed by atoms with Crippen molar-refractivity contribution < 1.29 is 19.4 Å². The highest BCUT2D eigenvalue weighted by Crippen LogP contribution is 2.23. The number of amides is 1. The zero-order chi connectivity index (χ0) is 22.9. The van der Waals surface area contributed by atoms with Gasteiger partial charge in [-0.05, 0) is 31.4 Å². The van der Waals surface area contributed by atoms with Crippen molar-refractivity contribution in [3.05, 3.63) is 28.8 Å². The Morgan fingerprint density at radius 1 is 0.903 bits per heavy atom. The fraction of sp³-hybridized carbons (Fsp3) is 0.692. The Labute approximate surface area is 189 Å². The van der Waals surface area contributed by atoms with Gasteiger partial charge in [0.15, 0.2) is 6.29 Å². The highest BCUT2D eigenvalue weighted by atomic mass is 16.6. The molecule has 1 rings (SSSR count). The van der Waals surface area contributed by atoms with Crippen LogP contribution in [-0.2, 0) is 11.3 Å². The van der Waals surface area contributed by atoms with Crippen molar-refractivity contribution in [3.8, 4) is 5.75 Å². The highest BCUT2D eigenvalue weighted by Gasteiger charge is 2.17. The molecule has 176 valence electrons. The Morgan fingerprint density at radius 2 is 1.42 bits per heavy atom. The number of ether oxygens (including phenoxy) is 1. The second-order valence-corrected chi connectivity index (χ2v) is 8.49. The summed E-state index contributed by atoms with van der Waals surface area (Å²) in [5.74, 6) is -0.0809. The van der Waals surface area contributed by atoms with Crippen molar-refractivity contribution in [2.45, 2.75) is 104 Å². The molecule has 0 bridgehead atoms. The fourth-order valence-corrected chi connectivity index (χ4v) is 3.77. The number of hydrogen-bond acceptors (Lipinski definition) is 4. The number of nitrogens with zero attached hydrogens (tertiary/aromatic N) is 1. The molecule has 0 aromatic heterocycles. The first-order valence-electron chi connectivity index (χ1n) is 12.2. The van der Waals surface area contributed by atoms with E-state index >= 15 is 0 Å². The minimum absolute atomic E-state index is 0.00333. The predicted octanol–water partition coefficient (Wildman–Crippen LogP) is 7.17. The maximum atomic E-state index is 12.8. The SMILES string of the molecule is CCCCCCCCN(CCCCCCCC)C(=O)OCc1c(C)ccc(O)c1C=O. The fourth-order valence-electron chi connectivity index (χ4n) is 3.77. The number of carbonyl (C=O) groups excluding carboxylic acids is 2. The van der Waals surface area contributed by atoms with Crippen LogP contribution in [0.4, 0.5) is 4.79 Å². The number of aromatic hydroxyl groups is 1. The van der Waals surface area contributed by atoms with Gasteiger partial charge in [-0.2, -0.15) is 0 Å². The maximum Gasteiger partial charge on any atom is 0.410 e. The summed E-state index contributed by atoms with van der Waals surface area (Å²) < 4.78 is 5.58. The molecule has 0 unspecified atom stereocenters. The van der Waals surface area contributed by atoms with Crippen LogP contribution in [0, 0.1) is 6.92 Å². The Hall–Kier alpha value is -2.04. The van der Waals surface area contributed by atoms with Crippen molar-refractivity contribution >= 4 is 12.4 Å². The van der Waals surface area contributed by atoms with Gasteiger partial charge < -0.3 is 14.7 Å². The third kappa shape index (κ3) is 10.7. The normalized spacial score (nSPS) is 10.8. The Morgan fingerprint density at radius 3 is 1.94 bits per heavy atom. The van der Waals surface area contributed by atoms with E-state index in [1.54, 1.807) is 6.07 Å². The summed E-state index contributed by atoms with van der Waals surface area (Å²) in [6.45, 7) is 7.68.